The second-order valence-corrected chi connectivity index (χ2v) is 6.60. The van der Waals surface area contributed by atoms with E-state index in [0.29, 0.717) is 0 Å². The van der Waals surface area contributed by atoms with E-state index < -0.39 is 0 Å². The fourth-order valence-corrected chi connectivity index (χ4v) is 3.83. The van der Waals surface area contributed by atoms with E-state index in [9.17, 15) is 0 Å². The minimum absolute atomic E-state index is 1.01. The van der Waals surface area contributed by atoms with Gasteiger partial charge in [0.25, 0.3) is 0 Å². The van der Waals surface area contributed by atoms with Crippen LogP contribution < -0.4 is 4.90 Å². The molecule has 3 heterocycles. The smallest absolute Gasteiger partial charge is 0.186 e. The molecule has 112 valence electrons. The second-order valence-electron chi connectivity index (χ2n) is 5.59. The highest BCUT2D eigenvalue weighted by Gasteiger charge is 2.19. The summed E-state index contributed by atoms with van der Waals surface area (Å²) in [6.45, 7) is 5.30. The van der Waals surface area contributed by atoms with Crippen LogP contribution in [0.2, 0.25) is 0 Å². The first-order valence-corrected chi connectivity index (χ1v) is 8.42. The van der Waals surface area contributed by atoms with Crippen LogP contribution in [0.3, 0.4) is 0 Å². The highest BCUT2D eigenvalue weighted by molar-refractivity contribution is 7.22. The van der Waals surface area contributed by atoms with E-state index in [2.05, 4.69) is 45.1 Å². The molecular formula is C17H18N4S. The Morgan fingerprint density at radius 3 is 2.59 bits per heavy atom. The normalized spacial score (nSPS) is 16.3. The largest absolute Gasteiger partial charge is 0.345 e. The molecule has 1 saturated heterocycles. The van der Waals surface area contributed by atoms with Gasteiger partial charge in [-0.3, -0.25) is 9.88 Å². The van der Waals surface area contributed by atoms with Gasteiger partial charge in [-0.1, -0.05) is 41.7 Å². The molecule has 22 heavy (non-hydrogen) atoms. The number of nitrogens with zero attached hydrogens (tertiary/aromatic N) is 4. The Morgan fingerprint density at radius 2 is 1.82 bits per heavy atom. The van der Waals surface area contributed by atoms with Crippen LogP contribution in [0.15, 0.2) is 48.8 Å². The summed E-state index contributed by atoms with van der Waals surface area (Å²) in [5.74, 6) is 0. The van der Waals surface area contributed by atoms with Gasteiger partial charge in [0.05, 0.1) is 10.9 Å². The van der Waals surface area contributed by atoms with Crippen molar-refractivity contribution in [3.05, 3.63) is 54.4 Å². The molecule has 5 heteroatoms. The SMILES string of the molecule is c1ccc(CN2CCN(c3nc4cnccc4s3)CC2)cc1. The second kappa shape index (κ2) is 6.02. The lowest BCUT2D eigenvalue weighted by Crippen LogP contribution is -2.45. The number of fused-ring (bicyclic) bond motifs is 1. The molecule has 1 aliphatic heterocycles. The van der Waals surface area contributed by atoms with E-state index in [-0.39, 0.29) is 0 Å². The van der Waals surface area contributed by atoms with Gasteiger partial charge in [-0.15, -0.1) is 0 Å². The number of aromatic nitrogens is 2. The van der Waals surface area contributed by atoms with Crippen LogP contribution in [0.1, 0.15) is 5.56 Å². The summed E-state index contributed by atoms with van der Waals surface area (Å²) in [4.78, 5) is 13.8. The Labute approximate surface area is 134 Å². The first kappa shape index (κ1) is 13.7. The number of hydrogen-bond donors (Lipinski definition) is 0. The zero-order chi connectivity index (χ0) is 14.8. The Morgan fingerprint density at radius 1 is 1.00 bits per heavy atom. The van der Waals surface area contributed by atoms with Crippen molar-refractivity contribution in [1.82, 2.24) is 14.9 Å². The molecule has 0 aliphatic carbocycles. The summed E-state index contributed by atoms with van der Waals surface area (Å²) in [6.07, 6.45) is 3.68. The number of rotatable bonds is 3. The molecule has 4 rings (SSSR count). The molecule has 2 aromatic heterocycles. The van der Waals surface area contributed by atoms with Crippen LogP contribution in [-0.4, -0.2) is 41.0 Å². The molecule has 1 fully saturated rings. The molecule has 0 saturated carbocycles. The standard InChI is InChI=1S/C17H18N4S/c1-2-4-14(5-3-1)13-20-8-10-21(11-9-20)17-19-15-12-18-7-6-16(15)22-17/h1-7,12H,8-11,13H2. The molecule has 0 atom stereocenters. The van der Waals surface area contributed by atoms with Gasteiger partial charge in [-0.05, 0) is 11.6 Å². The van der Waals surface area contributed by atoms with Crippen LogP contribution in [0, 0.1) is 0 Å². The van der Waals surface area contributed by atoms with Gasteiger partial charge < -0.3 is 4.90 Å². The summed E-state index contributed by atoms with van der Waals surface area (Å²) in [5, 5.41) is 1.13. The van der Waals surface area contributed by atoms with E-state index in [0.717, 1.165) is 43.4 Å². The van der Waals surface area contributed by atoms with Crippen molar-refractivity contribution >= 4 is 26.7 Å². The van der Waals surface area contributed by atoms with Crippen molar-refractivity contribution in [3.8, 4) is 0 Å². The topological polar surface area (TPSA) is 32.3 Å². The molecule has 0 N–H and O–H groups in total. The van der Waals surface area contributed by atoms with Gasteiger partial charge in [0.1, 0.15) is 5.52 Å². The number of pyridine rings is 1. The molecule has 1 aliphatic rings. The van der Waals surface area contributed by atoms with Crippen LogP contribution in [0.4, 0.5) is 5.13 Å². The minimum Gasteiger partial charge on any atom is -0.345 e. The Balaban J connectivity index is 1.41. The molecular weight excluding hydrogens is 292 g/mol. The molecule has 4 nitrogen and oxygen atoms in total. The first-order valence-electron chi connectivity index (χ1n) is 7.60. The summed E-state index contributed by atoms with van der Waals surface area (Å²) in [6, 6.07) is 12.7. The molecule has 1 aromatic carbocycles. The zero-order valence-electron chi connectivity index (χ0n) is 12.4. The van der Waals surface area contributed by atoms with Crippen LogP contribution in [-0.2, 0) is 6.54 Å². The van der Waals surface area contributed by atoms with Gasteiger partial charge in [-0.25, -0.2) is 4.98 Å². The number of anilines is 1. The lowest BCUT2D eigenvalue weighted by Gasteiger charge is -2.34. The van der Waals surface area contributed by atoms with Crippen molar-refractivity contribution in [2.24, 2.45) is 0 Å². The van der Waals surface area contributed by atoms with E-state index in [1.807, 2.05) is 18.5 Å². The molecule has 0 spiro atoms. The highest BCUT2D eigenvalue weighted by atomic mass is 32.1. The minimum atomic E-state index is 1.01. The Bertz CT molecular complexity index is 714. The third-order valence-electron chi connectivity index (χ3n) is 4.07. The number of hydrogen-bond acceptors (Lipinski definition) is 5. The fourth-order valence-electron chi connectivity index (χ4n) is 2.84. The third kappa shape index (κ3) is 2.82. The van der Waals surface area contributed by atoms with Crippen LogP contribution in [0.5, 0.6) is 0 Å². The average Bonchev–Trinajstić information content (AvgIpc) is 3.00. The van der Waals surface area contributed by atoms with Gasteiger partial charge in [0, 0.05) is 38.9 Å². The highest BCUT2D eigenvalue weighted by Crippen LogP contribution is 2.28. The van der Waals surface area contributed by atoms with E-state index >= 15 is 0 Å². The Hall–Kier alpha value is -1.98. The van der Waals surface area contributed by atoms with Crippen molar-refractivity contribution in [3.63, 3.8) is 0 Å². The lowest BCUT2D eigenvalue weighted by atomic mass is 10.2. The monoisotopic (exact) mass is 310 g/mol. The maximum absolute atomic E-state index is 4.71. The average molecular weight is 310 g/mol. The summed E-state index contributed by atoms with van der Waals surface area (Å²) >= 11 is 1.77. The fraction of sp³-hybridized carbons (Fsp3) is 0.294. The first-order chi connectivity index (χ1) is 10.9. The van der Waals surface area contributed by atoms with Gasteiger partial charge in [-0.2, -0.15) is 0 Å². The zero-order valence-corrected chi connectivity index (χ0v) is 13.2. The Kier molecular flexibility index (Phi) is 3.74. The lowest BCUT2D eigenvalue weighted by molar-refractivity contribution is 0.250. The molecule has 0 radical (unpaired) electrons. The quantitative estimate of drug-likeness (QED) is 0.744. The number of thiazole rings is 1. The maximum Gasteiger partial charge on any atom is 0.186 e. The van der Waals surface area contributed by atoms with Crippen molar-refractivity contribution in [2.45, 2.75) is 6.54 Å². The predicted octanol–water partition coefficient (Wildman–Crippen LogP) is 3.01. The molecule has 0 amide bonds. The van der Waals surface area contributed by atoms with Crippen molar-refractivity contribution in [2.75, 3.05) is 31.1 Å². The maximum atomic E-state index is 4.71. The van der Waals surface area contributed by atoms with Crippen LogP contribution >= 0.6 is 11.3 Å². The van der Waals surface area contributed by atoms with Gasteiger partial charge in [0.15, 0.2) is 5.13 Å². The van der Waals surface area contributed by atoms with Gasteiger partial charge in [0.2, 0.25) is 0 Å². The van der Waals surface area contributed by atoms with E-state index in [1.165, 1.54) is 10.3 Å². The summed E-state index contributed by atoms with van der Waals surface area (Å²) in [7, 11) is 0. The van der Waals surface area contributed by atoms with Crippen molar-refractivity contribution < 1.29 is 0 Å². The number of piperazine rings is 1. The van der Waals surface area contributed by atoms with Gasteiger partial charge >= 0.3 is 0 Å². The summed E-state index contributed by atoms with van der Waals surface area (Å²) in [5.41, 5.74) is 2.40. The number of benzene rings is 1. The molecule has 3 aromatic rings. The summed E-state index contributed by atoms with van der Waals surface area (Å²) < 4.78 is 1.22. The van der Waals surface area contributed by atoms with E-state index in [4.69, 9.17) is 4.98 Å². The molecule has 0 bridgehead atoms. The third-order valence-corrected chi connectivity index (χ3v) is 5.17. The molecule has 0 unspecified atom stereocenters. The van der Waals surface area contributed by atoms with Crippen LogP contribution in [0.25, 0.3) is 10.2 Å². The predicted molar refractivity (Wildman–Crippen MR) is 91.3 cm³/mol. The van der Waals surface area contributed by atoms with Crippen molar-refractivity contribution in [1.29, 1.82) is 0 Å². The van der Waals surface area contributed by atoms with E-state index in [1.54, 1.807) is 11.3 Å².